The van der Waals surface area contributed by atoms with Crippen molar-refractivity contribution in [2.75, 3.05) is 19.4 Å². The van der Waals surface area contributed by atoms with Crippen LogP contribution < -0.4 is 5.32 Å². The Morgan fingerprint density at radius 1 is 1.03 bits per heavy atom. The number of rotatable bonds is 6. The minimum absolute atomic E-state index is 0.511. The average molecular weight is 450 g/mol. The number of nitrogens with one attached hydrogen (secondary N) is 2. The van der Waals surface area contributed by atoms with Crippen molar-refractivity contribution in [3.8, 4) is 27.6 Å². The molecule has 33 heavy (non-hydrogen) atoms. The molecule has 0 aliphatic heterocycles. The number of nitrogens with zero attached hydrogens (tertiary/aromatic N) is 3. The highest BCUT2D eigenvalue weighted by Gasteiger charge is 2.13. The molecule has 0 fully saturated rings. The van der Waals surface area contributed by atoms with E-state index in [2.05, 4.69) is 82.8 Å². The molecule has 162 valence electrons. The fourth-order valence-corrected chi connectivity index (χ4v) is 5.07. The van der Waals surface area contributed by atoms with Gasteiger partial charge in [0.15, 0.2) is 0 Å². The Balaban J connectivity index is 1.54. The van der Waals surface area contributed by atoms with Gasteiger partial charge in [0.1, 0.15) is 6.07 Å². The number of hydrogen-bond acceptors (Lipinski definition) is 5. The van der Waals surface area contributed by atoms with Crippen molar-refractivity contribution < 1.29 is 0 Å². The molecule has 0 amide bonds. The molecule has 6 heteroatoms. The van der Waals surface area contributed by atoms with E-state index < -0.39 is 0 Å². The highest BCUT2D eigenvalue weighted by Crippen LogP contribution is 2.36. The molecule has 0 aliphatic rings. The molecule has 0 atom stereocenters. The second kappa shape index (κ2) is 8.91. The molecule has 2 aromatic carbocycles. The summed E-state index contributed by atoms with van der Waals surface area (Å²) in [6.45, 7) is 0.929. The summed E-state index contributed by atoms with van der Waals surface area (Å²) in [5.41, 5.74) is 6.35. The third-order valence-electron chi connectivity index (χ3n) is 5.48. The Morgan fingerprint density at radius 2 is 1.91 bits per heavy atom. The molecular formula is C27H23N5S. The van der Waals surface area contributed by atoms with E-state index >= 15 is 0 Å². The van der Waals surface area contributed by atoms with Crippen molar-refractivity contribution in [1.29, 1.82) is 5.26 Å². The van der Waals surface area contributed by atoms with E-state index in [1.54, 1.807) is 17.5 Å². The Labute approximate surface area is 197 Å². The van der Waals surface area contributed by atoms with Crippen LogP contribution in [0, 0.1) is 11.3 Å². The maximum Gasteiger partial charge on any atom is 0.103 e. The van der Waals surface area contributed by atoms with Crippen LogP contribution in [0.25, 0.3) is 32.5 Å². The molecule has 0 saturated carbocycles. The average Bonchev–Trinajstić information content (AvgIpc) is 3.48. The summed E-state index contributed by atoms with van der Waals surface area (Å²) in [7, 11) is 4.16. The fraction of sp³-hybridized carbons (Fsp3) is 0.111. The first-order valence-corrected chi connectivity index (χ1v) is 11.5. The second-order valence-electron chi connectivity index (χ2n) is 8.21. The lowest BCUT2D eigenvalue weighted by Crippen LogP contribution is -2.09. The van der Waals surface area contributed by atoms with Crippen LogP contribution in [0.3, 0.4) is 0 Å². The number of anilines is 2. The van der Waals surface area contributed by atoms with E-state index in [0.29, 0.717) is 5.56 Å². The molecule has 0 unspecified atom stereocenters. The zero-order valence-electron chi connectivity index (χ0n) is 18.5. The Kier molecular flexibility index (Phi) is 5.66. The Morgan fingerprint density at radius 3 is 2.76 bits per heavy atom. The number of aromatic amines is 1. The second-order valence-corrected chi connectivity index (χ2v) is 9.38. The van der Waals surface area contributed by atoms with E-state index in [4.69, 9.17) is 0 Å². The highest BCUT2D eigenvalue weighted by molar-refractivity contribution is 7.15. The van der Waals surface area contributed by atoms with Crippen LogP contribution in [0.5, 0.6) is 0 Å². The maximum atomic E-state index is 9.78. The molecule has 0 radical (unpaired) electrons. The van der Waals surface area contributed by atoms with Gasteiger partial charge in [0, 0.05) is 57.0 Å². The Hall–Kier alpha value is -3.92. The summed E-state index contributed by atoms with van der Waals surface area (Å²) in [4.78, 5) is 12.3. The van der Waals surface area contributed by atoms with Gasteiger partial charge >= 0.3 is 0 Å². The van der Waals surface area contributed by atoms with Gasteiger partial charge in [0.05, 0.1) is 11.3 Å². The van der Waals surface area contributed by atoms with Crippen molar-refractivity contribution in [3.05, 3.63) is 89.7 Å². The van der Waals surface area contributed by atoms with Gasteiger partial charge in [-0.15, -0.1) is 11.3 Å². The number of thiophene rings is 1. The number of H-pyrrole nitrogens is 1. The topological polar surface area (TPSA) is 67.7 Å². The maximum absolute atomic E-state index is 9.78. The van der Waals surface area contributed by atoms with Crippen LogP contribution in [0.2, 0.25) is 0 Å². The lowest BCUT2D eigenvalue weighted by Gasteiger charge is -2.14. The van der Waals surface area contributed by atoms with Gasteiger partial charge < -0.3 is 15.2 Å². The summed E-state index contributed by atoms with van der Waals surface area (Å²) in [5.74, 6) is 0. The number of fused-ring (bicyclic) bond motifs is 1. The first kappa shape index (κ1) is 21.0. The monoisotopic (exact) mass is 449 g/mol. The SMILES string of the molecule is CN(C)Cc1ccc(-c2cccc(-c3cncc(C#N)c3Nc3ccc4[nH]ccc4c3)c2)s1. The summed E-state index contributed by atoms with van der Waals surface area (Å²) >= 11 is 1.81. The van der Waals surface area contributed by atoms with Gasteiger partial charge in [-0.25, -0.2) is 0 Å². The van der Waals surface area contributed by atoms with Crippen LogP contribution in [0.1, 0.15) is 10.4 Å². The van der Waals surface area contributed by atoms with Crippen molar-refractivity contribution in [3.63, 3.8) is 0 Å². The van der Waals surface area contributed by atoms with E-state index in [9.17, 15) is 5.26 Å². The summed E-state index contributed by atoms with van der Waals surface area (Å²) < 4.78 is 0. The van der Waals surface area contributed by atoms with Crippen LogP contribution in [0.15, 0.2) is 79.3 Å². The minimum Gasteiger partial charge on any atom is -0.361 e. The molecular weight excluding hydrogens is 426 g/mol. The third-order valence-corrected chi connectivity index (χ3v) is 6.60. The number of aromatic nitrogens is 2. The molecule has 0 saturated heterocycles. The predicted octanol–water partition coefficient (Wildman–Crippen LogP) is 6.64. The molecule has 5 rings (SSSR count). The quantitative estimate of drug-likeness (QED) is 0.305. The van der Waals surface area contributed by atoms with Crippen molar-refractivity contribution in [1.82, 2.24) is 14.9 Å². The van der Waals surface area contributed by atoms with E-state index in [-0.39, 0.29) is 0 Å². The molecule has 0 spiro atoms. The van der Waals surface area contributed by atoms with Gasteiger partial charge in [-0.1, -0.05) is 18.2 Å². The summed E-state index contributed by atoms with van der Waals surface area (Å²) in [6, 6.07) is 23.2. The first-order chi connectivity index (χ1) is 16.1. The smallest absolute Gasteiger partial charge is 0.103 e. The fourth-order valence-electron chi connectivity index (χ4n) is 3.94. The van der Waals surface area contributed by atoms with Gasteiger partial charge in [0.2, 0.25) is 0 Å². The third kappa shape index (κ3) is 4.37. The molecule has 0 bridgehead atoms. The summed E-state index contributed by atoms with van der Waals surface area (Å²) in [5, 5.41) is 14.4. The highest BCUT2D eigenvalue weighted by atomic mass is 32.1. The van der Waals surface area contributed by atoms with Crippen LogP contribution >= 0.6 is 11.3 Å². The van der Waals surface area contributed by atoms with Gasteiger partial charge in [-0.3, -0.25) is 4.98 Å². The standard InChI is InChI=1S/C27H23N5S/c1-32(2)17-23-7-9-26(33-23)20-5-3-4-18(12-20)24-16-29-15-21(14-28)27(24)31-22-6-8-25-19(13-22)10-11-30-25/h3-13,15-16,30H,17H2,1-2H3,(H,29,31). The first-order valence-electron chi connectivity index (χ1n) is 10.7. The number of pyridine rings is 1. The zero-order chi connectivity index (χ0) is 22.8. The van der Waals surface area contributed by atoms with Crippen LogP contribution in [-0.2, 0) is 6.54 Å². The molecule has 3 heterocycles. The predicted molar refractivity (Wildman–Crippen MR) is 137 cm³/mol. The Bertz CT molecular complexity index is 1470. The molecule has 3 aromatic heterocycles. The van der Waals surface area contributed by atoms with Crippen molar-refractivity contribution in [2.24, 2.45) is 0 Å². The van der Waals surface area contributed by atoms with Gasteiger partial charge in [-0.2, -0.15) is 5.26 Å². The van der Waals surface area contributed by atoms with E-state index in [1.807, 2.05) is 30.6 Å². The van der Waals surface area contributed by atoms with Gasteiger partial charge in [0.25, 0.3) is 0 Å². The zero-order valence-corrected chi connectivity index (χ0v) is 19.3. The largest absolute Gasteiger partial charge is 0.361 e. The van der Waals surface area contributed by atoms with Crippen LogP contribution in [0.4, 0.5) is 11.4 Å². The number of benzene rings is 2. The van der Waals surface area contributed by atoms with E-state index in [0.717, 1.165) is 45.5 Å². The van der Waals surface area contributed by atoms with E-state index in [1.165, 1.54) is 9.75 Å². The molecule has 5 nitrogen and oxygen atoms in total. The molecule has 0 aliphatic carbocycles. The minimum atomic E-state index is 0.511. The van der Waals surface area contributed by atoms with Gasteiger partial charge in [-0.05, 0) is 67.7 Å². The lowest BCUT2D eigenvalue weighted by molar-refractivity contribution is 0.406. The summed E-state index contributed by atoms with van der Waals surface area (Å²) in [6.07, 6.45) is 5.35. The molecule has 2 N–H and O–H groups in total. The number of hydrogen-bond donors (Lipinski definition) is 2. The van der Waals surface area contributed by atoms with Crippen molar-refractivity contribution >= 4 is 33.6 Å². The normalized spacial score (nSPS) is 11.1. The van der Waals surface area contributed by atoms with Crippen molar-refractivity contribution in [2.45, 2.75) is 6.54 Å². The lowest BCUT2D eigenvalue weighted by atomic mass is 10.0. The van der Waals surface area contributed by atoms with Crippen LogP contribution in [-0.4, -0.2) is 29.0 Å². The number of nitriles is 1. The molecule has 5 aromatic rings.